The summed E-state index contributed by atoms with van der Waals surface area (Å²) in [7, 11) is 0. The van der Waals surface area contributed by atoms with Crippen molar-refractivity contribution in [3.8, 4) is 10.7 Å². The van der Waals surface area contributed by atoms with E-state index in [0.717, 1.165) is 29.5 Å². The maximum absolute atomic E-state index is 4.63. The van der Waals surface area contributed by atoms with E-state index >= 15 is 0 Å². The zero-order valence-corrected chi connectivity index (χ0v) is 9.76. The first-order valence-corrected chi connectivity index (χ1v) is 6.40. The first-order valence-electron chi connectivity index (χ1n) is 5.58. The molecular weight excluding hydrogens is 218 g/mol. The maximum Gasteiger partial charge on any atom is 0.144 e. The molecule has 0 atom stereocenters. The third kappa shape index (κ3) is 1.80. The minimum Gasteiger partial charge on any atom is -0.369 e. The van der Waals surface area contributed by atoms with Gasteiger partial charge < -0.3 is 5.32 Å². The van der Waals surface area contributed by atoms with Gasteiger partial charge in [-0.05, 0) is 31.4 Å². The molecule has 0 spiro atoms. The van der Waals surface area contributed by atoms with E-state index in [-0.39, 0.29) is 0 Å². The molecule has 16 heavy (non-hydrogen) atoms. The zero-order chi connectivity index (χ0) is 10.8. The van der Waals surface area contributed by atoms with E-state index in [0.29, 0.717) is 0 Å². The number of nitrogens with one attached hydrogen (secondary N) is 1. The van der Waals surface area contributed by atoms with Crippen LogP contribution in [0.5, 0.6) is 0 Å². The van der Waals surface area contributed by atoms with Crippen LogP contribution in [0, 0.1) is 0 Å². The molecule has 0 bridgehead atoms. The first kappa shape index (κ1) is 9.78. The minimum absolute atomic E-state index is 0.974. The third-order valence-electron chi connectivity index (χ3n) is 2.70. The van der Waals surface area contributed by atoms with Crippen molar-refractivity contribution >= 4 is 17.2 Å². The van der Waals surface area contributed by atoms with E-state index < -0.39 is 0 Å². The molecule has 82 valence electrons. The number of hydrogen-bond acceptors (Lipinski definition) is 4. The van der Waals surface area contributed by atoms with Gasteiger partial charge in [0.05, 0.1) is 5.69 Å². The van der Waals surface area contributed by atoms with Gasteiger partial charge in [-0.1, -0.05) is 6.07 Å². The first-order chi connectivity index (χ1) is 7.93. The molecule has 3 nitrogen and oxygen atoms in total. The predicted octanol–water partition coefficient (Wildman–Crippen LogP) is 2.95. The average Bonchev–Trinajstić information content (AvgIpc) is 2.62. The molecule has 3 heterocycles. The van der Waals surface area contributed by atoms with E-state index in [2.05, 4.69) is 15.3 Å². The van der Waals surface area contributed by atoms with Crippen molar-refractivity contribution in [2.24, 2.45) is 0 Å². The summed E-state index contributed by atoms with van der Waals surface area (Å²) in [6.07, 6.45) is 5.45. The Hall–Kier alpha value is -1.42. The Morgan fingerprint density at radius 1 is 1.25 bits per heavy atom. The molecule has 0 saturated heterocycles. The van der Waals surface area contributed by atoms with Crippen molar-refractivity contribution in [3.63, 3.8) is 0 Å². The highest BCUT2D eigenvalue weighted by atomic mass is 32.1. The molecule has 2 aromatic rings. The SMILES string of the molecule is c1ccc(-c2nc3c(s2)CCCCN3)nc1. The van der Waals surface area contributed by atoms with Gasteiger partial charge in [0.15, 0.2) is 0 Å². The summed E-state index contributed by atoms with van der Waals surface area (Å²) < 4.78 is 0. The number of aryl methyl sites for hydroxylation is 1. The molecule has 0 aromatic carbocycles. The van der Waals surface area contributed by atoms with Gasteiger partial charge in [-0.15, -0.1) is 11.3 Å². The lowest BCUT2D eigenvalue weighted by molar-refractivity contribution is 0.790. The van der Waals surface area contributed by atoms with Crippen LogP contribution in [0.3, 0.4) is 0 Å². The second kappa shape index (κ2) is 4.22. The van der Waals surface area contributed by atoms with Crippen molar-refractivity contribution in [2.45, 2.75) is 19.3 Å². The topological polar surface area (TPSA) is 37.8 Å². The molecule has 4 heteroatoms. The third-order valence-corrected chi connectivity index (χ3v) is 3.84. The molecule has 0 amide bonds. The Morgan fingerprint density at radius 2 is 2.25 bits per heavy atom. The van der Waals surface area contributed by atoms with Crippen LogP contribution in [0.25, 0.3) is 10.7 Å². The highest BCUT2D eigenvalue weighted by Gasteiger charge is 2.14. The Labute approximate surface area is 98.6 Å². The molecule has 0 aliphatic carbocycles. The van der Waals surface area contributed by atoms with Crippen LogP contribution in [0.2, 0.25) is 0 Å². The summed E-state index contributed by atoms with van der Waals surface area (Å²) in [6, 6.07) is 5.95. The van der Waals surface area contributed by atoms with E-state index in [9.17, 15) is 0 Å². The Kier molecular flexibility index (Phi) is 2.58. The number of anilines is 1. The quantitative estimate of drug-likeness (QED) is 0.820. The number of fused-ring (bicyclic) bond motifs is 1. The molecule has 1 aliphatic heterocycles. The summed E-state index contributed by atoms with van der Waals surface area (Å²) in [5.41, 5.74) is 0.974. The van der Waals surface area contributed by atoms with Gasteiger partial charge in [-0.25, -0.2) is 4.98 Å². The predicted molar refractivity (Wildman–Crippen MR) is 66.8 cm³/mol. The normalized spacial score (nSPS) is 15.0. The highest BCUT2D eigenvalue weighted by molar-refractivity contribution is 7.15. The van der Waals surface area contributed by atoms with Crippen molar-refractivity contribution < 1.29 is 0 Å². The molecule has 3 rings (SSSR count). The van der Waals surface area contributed by atoms with Gasteiger partial charge in [0, 0.05) is 17.6 Å². The summed E-state index contributed by atoms with van der Waals surface area (Å²) in [5, 5.41) is 4.41. The van der Waals surface area contributed by atoms with Gasteiger partial charge in [-0.3, -0.25) is 4.98 Å². The maximum atomic E-state index is 4.63. The average molecular weight is 231 g/mol. The second-order valence-corrected chi connectivity index (χ2v) is 4.97. The Morgan fingerprint density at radius 3 is 3.12 bits per heavy atom. The molecule has 1 aliphatic rings. The lowest BCUT2D eigenvalue weighted by Crippen LogP contribution is -1.99. The lowest BCUT2D eigenvalue weighted by Gasteiger charge is -1.97. The number of nitrogens with zero attached hydrogens (tertiary/aromatic N) is 2. The van der Waals surface area contributed by atoms with Crippen LogP contribution in [-0.2, 0) is 6.42 Å². The fourth-order valence-electron chi connectivity index (χ4n) is 1.88. The highest BCUT2D eigenvalue weighted by Crippen LogP contribution is 2.32. The summed E-state index contributed by atoms with van der Waals surface area (Å²) in [4.78, 5) is 10.3. The number of pyridine rings is 1. The monoisotopic (exact) mass is 231 g/mol. The van der Waals surface area contributed by atoms with E-state index in [1.165, 1.54) is 17.7 Å². The largest absolute Gasteiger partial charge is 0.369 e. The van der Waals surface area contributed by atoms with Crippen molar-refractivity contribution in [3.05, 3.63) is 29.3 Å². The second-order valence-electron chi connectivity index (χ2n) is 3.89. The summed E-state index contributed by atoms with van der Waals surface area (Å²) in [5.74, 6) is 1.07. The van der Waals surface area contributed by atoms with Crippen LogP contribution in [0.15, 0.2) is 24.4 Å². The van der Waals surface area contributed by atoms with Gasteiger partial charge in [0.25, 0.3) is 0 Å². The van der Waals surface area contributed by atoms with Crippen LogP contribution in [0.1, 0.15) is 17.7 Å². The Bertz CT molecular complexity index is 455. The standard InChI is InChI=1S/C12H13N3S/c1-3-7-13-9(5-1)12-15-11-10(16-12)6-2-4-8-14-11/h1,3,5,7,14H,2,4,6,8H2. The van der Waals surface area contributed by atoms with E-state index in [1.54, 1.807) is 11.3 Å². The molecule has 0 fully saturated rings. The molecule has 2 aromatic heterocycles. The van der Waals surface area contributed by atoms with E-state index in [4.69, 9.17) is 0 Å². The molecule has 1 N–H and O–H groups in total. The molecule has 0 unspecified atom stereocenters. The van der Waals surface area contributed by atoms with Crippen LogP contribution in [0.4, 0.5) is 5.82 Å². The van der Waals surface area contributed by atoms with Gasteiger partial charge in [0.2, 0.25) is 0 Å². The van der Waals surface area contributed by atoms with Gasteiger partial charge >= 0.3 is 0 Å². The fraction of sp³-hybridized carbons (Fsp3) is 0.333. The summed E-state index contributed by atoms with van der Waals surface area (Å²) >= 11 is 1.77. The number of rotatable bonds is 1. The van der Waals surface area contributed by atoms with Crippen molar-refractivity contribution in [2.75, 3.05) is 11.9 Å². The lowest BCUT2D eigenvalue weighted by atomic mass is 10.2. The fourth-order valence-corrected chi connectivity index (χ4v) is 2.93. The smallest absolute Gasteiger partial charge is 0.144 e. The van der Waals surface area contributed by atoms with Crippen molar-refractivity contribution in [1.82, 2.24) is 9.97 Å². The molecule has 0 saturated carbocycles. The number of aromatic nitrogens is 2. The minimum atomic E-state index is 0.974. The molecule has 0 radical (unpaired) electrons. The van der Waals surface area contributed by atoms with E-state index in [1.807, 2.05) is 24.4 Å². The zero-order valence-electron chi connectivity index (χ0n) is 8.94. The molecular formula is C12H13N3S. The number of hydrogen-bond donors (Lipinski definition) is 1. The Balaban J connectivity index is 1.98. The van der Waals surface area contributed by atoms with Gasteiger partial charge in [0.1, 0.15) is 10.8 Å². The van der Waals surface area contributed by atoms with Crippen LogP contribution in [-0.4, -0.2) is 16.5 Å². The summed E-state index contributed by atoms with van der Waals surface area (Å²) in [6.45, 7) is 1.04. The van der Waals surface area contributed by atoms with Crippen LogP contribution >= 0.6 is 11.3 Å². The van der Waals surface area contributed by atoms with Crippen LogP contribution < -0.4 is 5.32 Å². The number of thiazole rings is 1. The van der Waals surface area contributed by atoms with Crippen molar-refractivity contribution in [1.29, 1.82) is 0 Å². The van der Waals surface area contributed by atoms with Gasteiger partial charge in [-0.2, -0.15) is 0 Å².